The molecule has 24 heavy (non-hydrogen) atoms. The van der Waals surface area contributed by atoms with Gasteiger partial charge in [-0.05, 0) is 43.7 Å². The lowest BCUT2D eigenvalue weighted by atomic mass is 10.1. The summed E-state index contributed by atoms with van der Waals surface area (Å²) in [6, 6.07) is 10.2. The van der Waals surface area contributed by atoms with Gasteiger partial charge in [-0.2, -0.15) is 5.26 Å². The van der Waals surface area contributed by atoms with Gasteiger partial charge < -0.3 is 10.4 Å². The maximum Gasteiger partial charge on any atom is 0.266 e. The topological polar surface area (TPSA) is 73.1 Å². The summed E-state index contributed by atoms with van der Waals surface area (Å²) in [4.78, 5) is 12.3. The smallest absolute Gasteiger partial charge is 0.266 e. The first-order chi connectivity index (χ1) is 11.3. The van der Waals surface area contributed by atoms with Crippen LogP contribution in [0.1, 0.15) is 16.7 Å². The van der Waals surface area contributed by atoms with Crippen molar-refractivity contribution in [3.63, 3.8) is 0 Å². The molecule has 0 bridgehead atoms. The lowest BCUT2D eigenvalue weighted by Gasteiger charge is -2.09. The molecule has 122 valence electrons. The number of amides is 1. The number of anilines is 1. The van der Waals surface area contributed by atoms with Gasteiger partial charge in [0.25, 0.3) is 5.91 Å². The van der Waals surface area contributed by atoms with Crippen LogP contribution in [0.5, 0.6) is 5.75 Å². The largest absolute Gasteiger partial charge is 0.506 e. The number of carbonyl (C=O) groups is 1. The molecule has 2 rings (SSSR count). The third-order valence-electron chi connectivity index (χ3n) is 3.35. The first-order valence-corrected chi connectivity index (χ1v) is 7.76. The van der Waals surface area contributed by atoms with Crippen LogP contribution in [0.15, 0.2) is 35.9 Å². The van der Waals surface area contributed by atoms with E-state index in [1.807, 2.05) is 32.0 Å². The zero-order valence-corrected chi connectivity index (χ0v) is 14.5. The minimum Gasteiger partial charge on any atom is -0.506 e. The van der Waals surface area contributed by atoms with Crippen molar-refractivity contribution >= 4 is 40.9 Å². The van der Waals surface area contributed by atoms with Crippen LogP contribution in [0.4, 0.5) is 5.69 Å². The molecular formula is C18H14Cl2N2O2. The van der Waals surface area contributed by atoms with Crippen LogP contribution in [-0.4, -0.2) is 11.0 Å². The van der Waals surface area contributed by atoms with E-state index in [0.29, 0.717) is 5.69 Å². The number of phenolic OH excluding ortho intramolecular Hbond substituents is 1. The summed E-state index contributed by atoms with van der Waals surface area (Å²) in [7, 11) is 0. The molecule has 0 saturated heterocycles. The van der Waals surface area contributed by atoms with Crippen LogP contribution in [-0.2, 0) is 4.79 Å². The lowest BCUT2D eigenvalue weighted by Crippen LogP contribution is -2.14. The molecule has 2 N–H and O–H groups in total. The zero-order valence-electron chi connectivity index (χ0n) is 13.0. The molecule has 0 aromatic heterocycles. The quantitative estimate of drug-likeness (QED) is 0.606. The van der Waals surface area contributed by atoms with E-state index in [0.717, 1.165) is 11.1 Å². The molecule has 0 aliphatic heterocycles. The normalized spacial score (nSPS) is 11.0. The van der Waals surface area contributed by atoms with Gasteiger partial charge in [0.15, 0.2) is 0 Å². The van der Waals surface area contributed by atoms with Crippen molar-refractivity contribution in [2.45, 2.75) is 13.8 Å². The fourth-order valence-corrected chi connectivity index (χ4v) is 2.65. The SMILES string of the molecule is Cc1ccc(NC(=O)/C(C#N)=C/c2cc(Cl)cc(Cl)c2O)c(C)c1. The summed E-state index contributed by atoms with van der Waals surface area (Å²) in [5.74, 6) is -0.826. The van der Waals surface area contributed by atoms with Gasteiger partial charge >= 0.3 is 0 Å². The molecule has 6 heteroatoms. The second-order valence-electron chi connectivity index (χ2n) is 5.27. The third-order valence-corrected chi connectivity index (χ3v) is 3.86. The van der Waals surface area contributed by atoms with Crippen LogP contribution in [0, 0.1) is 25.2 Å². The molecule has 0 unspecified atom stereocenters. The highest BCUT2D eigenvalue weighted by molar-refractivity contribution is 6.36. The molecule has 0 spiro atoms. The summed E-state index contributed by atoms with van der Waals surface area (Å²) in [6.07, 6.45) is 1.24. The number of aromatic hydroxyl groups is 1. The van der Waals surface area contributed by atoms with Crippen LogP contribution in [0.3, 0.4) is 0 Å². The highest BCUT2D eigenvalue weighted by Crippen LogP contribution is 2.32. The monoisotopic (exact) mass is 360 g/mol. The number of nitrogens with one attached hydrogen (secondary N) is 1. The van der Waals surface area contributed by atoms with E-state index < -0.39 is 5.91 Å². The number of nitriles is 1. The molecule has 2 aromatic carbocycles. The summed E-state index contributed by atoms with van der Waals surface area (Å²) in [6.45, 7) is 3.81. The predicted octanol–water partition coefficient (Wildman–Crippen LogP) is 4.86. The number of aryl methyl sites for hydroxylation is 2. The maximum absolute atomic E-state index is 12.3. The third kappa shape index (κ3) is 4.08. The summed E-state index contributed by atoms with van der Waals surface area (Å²) < 4.78 is 0. The fourth-order valence-electron chi connectivity index (χ4n) is 2.14. The van der Waals surface area contributed by atoms with E-state index in [1.54, 1.807) is 6.07 Å². The molecule has 4 nitrogen and oxygen atoms in total. The van der Waals surface area contributed by atoms with E-state index in [9.17, 15) is 15.2 Å². The molecule has 0 saturated carbocycles. The predicted molar refractivity (Wildman–Crippen MR) is 96.3 cm³/mol. The van der Waals surface area contributed by atoms with Gasteiger partial charge in [0.1, 0.15) is 17.4 Å². The van der Waals surface area contributed by atoms with Gasteiger partial charge in [-0.25, -0.2) is 0 Å². The molecule has 0 fully saturated rings. The first-order valence-electron chi connectivity index (χ1n) is 7.00. The number of rotatable bonds is 3. The Morgan fingerprint density at radius 3 is 2.58 bits per heavy atom. The average Bonchev–Trinajstić information content (AvgIpc) is 2.51. The number of halogens is 2. The zero-order chi connectivity index (χ0) is 17.9. The van der Waals surface area contributed by atoms with E-state index in [4.69, 9.17) is 23.2 Å². The summed E-state index contributed by atoms with van der Waals surface area (Å²) in [5.41, 5.74) is 2.58. The van der Waals surface area contributed by atoms with Crippen molar-refractivity contribution in [3.8, 4) is 11.8 Å². The number of nitrogens with zero attached hydrogens (tertiary/aromatic N) is 1. The Bertz CT molecular complexity index is 883. The Hall–Kier alpha value is -2.48. The Labute approximate surface area is 149 Å². The van der Waals surface area contributed by atoms with Crippen LogP contribution in [0.2, 0.25) is 10.0 Å². The van der Waals surface area contributed by atoms with E-state index in [1.165, 1.54) is 18.2 Å². The Morgan fingerprint density at radius 2 is 1.96 bits per heavy atom. The standard InChI is InChI=1S/C18H14Cl2N2O2/c1-10-3-4-16(11(2)5-10)22-18(24)13(9-21)6-12-7-14(19)8-15(20)17(12)23/h3-8,23H,1-2H3,(H,22,24)/b13-6+. The van der Waals surface area contributed by atoms with E-state index in [2.05, 4.69) is 5.32 Å². The maximum atomic E-state index is 12.3. The van der Waals surface area contributed by atoms with Gasteiger partial charge in [-0.3, -0.25) is 4.79 Å². The van der Waals surface area contributed by atoms with Gasteiger partial charge in [0, 0.05) is 16.3 Å². The summed E-state index contributed by atoms with van der Waals surface area (Å²) >= 11 is 11.7. The molecule has 0 radical (unpaired) electrons. The molecule has 1 amide bonds. The number of carbonyl (C=O) groups excluding carboxylic acids is 1. The van der Waals surface area contributed by atoms with Crippen molar-refractivity contribution in [1.29, 1.82) is 5.26 Å². The van der Waals surface area contributed by atoms with Crippen molar-refractivity contribution in [2.24, 2.45) is 0 Å². The van der Waals surface area contributed by atoms with Crippen LogP contribution < -0.4 is 5.32 Å². The average molecular weight is 361 g/mol. The second kappa shape index (κ2) is 7.39. The highest BCUT2D eigenvalue weighted by atomic mass is 35.5. The Kier molecular flexibility index (Phi) is 5.50. The second-order valence-corrected chi connectivity index (χ2v) is 6.11. The molecule has 0 aliphatic carbocycles. The Morgan fingerprint density at radius 1 is 1.25 bits per heavy atom. The van der Waals surface area contributed by atoms with Gasteiger partial charge in [0.2, 0.25) is 0 Å². The molecular weight excluding hydrogens is 347 g/mol. The van der Waals surface area contributed by atoms with Crippen molar-refractivity contribution in [2.75, 3.05) is 5.32 Å². The fraction of sp³-hybridized carbons (Fsp3) is 0.111. The molecule has 2 aromatic rings. The number of phenols is 1. The Balaban J connectivity index is 2.34. The van der Waals surface area contributed by atoms with Crippen molar-refractivity contribution in [3.05, 3.63) is 62.6 Å². The minimum atomic E-state index is -0.583. The highest BCUT2D eigenvalue weighted by Gasteiger charge is 2.13. The van der Waals surface area contributed by atoms with Gasteiger partial charge in [-0.15, -0.1) is 0 Å². The first kappa shape index (κ1) is 17.9. The van der Waals surface area contributed by atoms with E-state index >= 15 is 0 Å². The number of benzene rings is 2. The van der Waals surface area contributed by atoms with Gasteiger partial charge in [0.05, 0.1) is 5.02 Å². The molecule has 0 aliphatic rings. The van der Waals surface area contributed by atoms with E-state index in [-0.39, 0.29) is 26.9 Å². The van der Waals surface area contributed by atoms with Crippen LogP contribution in [0.25, 0.3) is 6.08 Å². The van der Waals surface area contributed by atoms with Crippen LogP contribution >= 0.6 is 23.2 Å². The molecule has 0 atom stereocenters. The van der Waals surface area contributed by atoms with Crippen molar-refractivity contribution in [1.82, 2.24) is 0 Å². The summed E-state index contributed by atoms with van der Waals surface area (Å²) in [5, 5.41) is 22.2. The minimum absolute atomic E-state index is 0.0424. The molecule has 0 heterocycles. The number of hydrogen-bond donors (Lipinski definition) is 2. The number of hydrogen-bond acceptors (Lipinski definition) is 3. The van der Waals surface area contributed by atoms with Gasteiger partial charge in [-0.1, -0.05) is 40.9 Å². The lowest BCUT2D eigenvalue weighted by molar-refractivity contribution is -0.112. The van der Waals surface area contributed by atoms with Crippen molar-refractivity contribution < 1.29 is 9.90 Å².